The summed E-state index contributed by atoms with van der Waals surface area (Å²) >= 11 is 0. The van der Waals surface area contributed by atoms with Crippen LogP contribution in [0.1, 0.15) is 149 Å². The molecule has 2 N–H and O–H groups in total. The van der Waals surface area contributed by atoms with Gasteiger partial charge in [-0.1, -0.05) is 127 Å². The molecule has 0 aromatic heterocycles. The number of hydrogen-bond donors (Lipinski definition) is 2. The van der Waals surface area contributed by atoms with Gasteiger partial charge in [0.1, 0.15) is 6.61 Å². The van der Waals surface area contributed by atoms with Gasteiger partial charge in [0.25, 0.3) is 0 Å². The van der Waals surface area contributed by atoms with E-state index in [9.17, 15) is 14.2 Å². The SMILES string of the molecule is CC/C=C\C/C=C\C/C=C\CCCCCCCCCC(=O)OC(COC(=O)CCCCCCCCCC)COP(=O)(O)O. The van der Waals surface area contributed by atoms with Crippen molar-refractivity contribution in [2.75, 3.05) is 13.2 Å². The van der Waals surface area contributed by atoms with Crippen molar-refractivity contribution in [3.63, 3.8) is 0 Å². The zero-order valence-electron chi connectivity index (χ0n) is 27.1. The van der Waals surface area contributed by atoms with Crippen LogP contribution in [-0.4, -0.2) is 41.0 Å². The third-order valence-electron chi connectivity index (χ3n) is 6.92. The van der Waals surface area contributed by atoms with Gasteiger partial charge in [-0.05, 0) is 44.9 Å². The second-order valence-corrected chi connectivity index (χ2v) is 12.4. The Morgan fingerprint density at radius 3 is 1.67 bits per heavy atom. The average molecular weight is 629 g/mol. The van der Waals surface area contributed by atoms with Gasteiger partial charge < -0.3 is 19.3 Å². The molecule has 0 saturated heterocycles. The molecule has 0 radical (unpaired) electrons. The van der Waals surface area contributed by atoms with Crippen LogP contribution in [-0.2, 0) is 28.2 Å². The van der Waals surface area contributed by atoms with Crippen molar-refractivity contribution in [2.24, 2.45) is 0 Å². The number of esters is 2. The summed E-state index contributed by atoms with van der Waals surface area (Å²) in [7, 11) is -4.74. The van der Waals surface area contributed by atoms with E-state index in [0.29, 0.717) is 6.42 Å². The van der Waals surface area contributed by atoms with Crippen LogP contribution in [0.25, 0.3) is 0 Å². The fourth-order valence-electron chi connectivity index (χ4n) is 4.44. The molecule has 8 nitrogen and oxygen atoms in total. The first kappa shape index (κ1) is 41.3. The third-order valence-corrected chi connectivity index (χ3v) is 7.41. The molecule has 0 bridgehead atoms. The maximum absolute atomic E-state index is 12.3. The van der Waals surface area contributed by atoms with Gasteiger partial charge in [0.2, 0.25) is 0 Å². The van der Waals surface area contributed by atoms with Gasteiger partial charge in [-0.3, -0.25) is 14.1 Å². The van der Waals surface area contributed by atoms with Gasteiger partial charge in [0.05, 0.1) is 6.61 Å². The van der Waals surface area contributed by atoms with Gasteiger partial charge in [0, 0.05) is 12.8 Å². The Kier molecular flexibility index (Phi) is 29.1. The van der Waals surface area contributed by atoms with E-state index in [1.807, 2.05) is 0 Å². The van der Waals surface area contributed by atoms with Crippen LogP contribution in [0.2, 0.25) is 0 Å². The molecule has 250 valence electrons. The van der Waals surface area contributed by atoms with Crippen molar-refractivity contribution in [3.05, 3.63) is 36.5 Å². The molecule has 1 unspecified atom stereocenters. The van der Waals surface area contributed by atoms with Gasteiger partial charge in [0.15, 0.2) is 6.10 Å². The Balaban J connectivity index is 3.99. The Bertz CT molecular complexity index is 802. The van der Waals surface area contributed by atoms with Crippen LogP contribution >= 0.6 is 7.82 Å². The highest BCUT2D eigenvalue weighted by Gasteiger charge is 2.22. The molecule has 43 heavy (non-hydrogen) atoms. The number of ether oxygens (including phenoxy) is 2. The quantitative estimate of drug-likeness (QED) is 0.0349. The first-order chi connectivity index (χ1) is 20.8. The largest absolute Gasteiger partial charge is 0.469 e. The maximum atomic E-state index is 12.3. The van der Waals surface area contributed by atoms with Crippen molar-refractivity contribution in [2.45, 2.75) is 155 Å². The Morgan fingerprint density at radius 2 is 1.12 bits per heavy atom. The van der Waals surface area contributed by atoms with Crippen molar-refractivity contribution in [3.8, 4) is 0 Å². The van der Waals surface area contributed by atoms with E-state index < -0.39 is 32.5 Å². The summed E-state index contributed by atoms with van der Waals surface area (Å²) in [5.41, 5.74) is 0. The first-order valence-electron chi connectivity index (χ1n) is 16.8. The number of phosphoric ester groups is 1. The monoisotopic (exact) mass is 628 g/mol. The maximum Gasteiger partial charge on any atom is 0.469 e. The van der Waals surface area contributed by atoms with E-state index in [2.05, 4.69) is 54.8 Å². The van der Waals surface area contributed by atoms with Gasteiger partial charge >= 0.3 is 19.8 Å². The van der Waals surface area contributed by atoms with E-state index in [0.717, 1.165) is 64.2 Å². The molecule has 0 fully saturated rings. The highest BCUT2D eigenvalue weighted by atomic mass is 31.2. The lowest BCUT2D eigenvalue weighted by atomic mass is 10.1. The highest BCUT2D eigenvalue weighted by molar-refractivity contribution is 7.46. The van der Waals surface area contributed by atoms with Crippen molar-refractivity contribution in [1.29, 1.82) is 0 Å². The summed E-state index contributed by atoms with van der Waals surface area (Å²) in [5.74, 6) is -0.903. The molecule has 0 spiro atoms. The second kappa shape index (κ2) is 30.3. The summed E-state index contributed by atoms with van der Waals surface area (Å²) in [4.78, 5) is 42.4. The molecule has 0 aliphatic rings. The molecule has 0 aromatic carbocycles. The predicted molar refractivity (Wildman–Crippen MR) is 175 cm³/mol. The molecular weight excluding hydrogens is 567 g/mol. The fourth-order valence-corrected chi connectivity index (χ4v) is 4.80. The molecule has 0 aliphatic carbocycles. The van der Waals surface area contributed by atoms with Crippen molar-refractivity contribution >= 4 is 19.8 Å². The number of allylic oxidation sites excluding steroid dienone is 6. The number of rotatable bonds is 30. The second-order valence-electron chi connectivity index (χ2n) is 11.1. The van der Waals surface area contributed by atoms with E-state index in [-0.39, 0.29) is 19.4 Å². The molecule has 1 atom stereocenters. The molecule has 0 saturated carbocycles. The number of unbranched alkanes of at least 4 members (excludes halogenated alkanes) is 14. The number of carbonyl (C=O) groups excluding carboxylic acids is 2. The summed E-state index contributed by atoms with van der Waals surface area (Å²) in [5, 5.41) is 0. The first-order valence-corrected chi connectivity index (χ1v) is 18.3. The highest BCUT2D eigenvalue weighted by Crippen LogP contribution is 2.35. The molecule has 0 aliphatic heterocycles. The Labute approximate surface area is 262 Å². The normalized spacial score (nSPS) is 12.9. The van der Waals surface area contributed by atoms with Crippen LogP contribution in [0.4, 0.5) is 0 Å². The molecule has 0 aromatic rings. The minimum Gasteiger partial charge on any atom is -0.462 e. The Morgan fingerprint density at radius 1 is 0.628 bits per heavy atom. The van der Waals surface area contributed by atoms with Gasteiger partial charge in [-0.2, -0.15) is 0 Å². The van der Waals surface area contributed by atoms with E-state index in [1.54, 1.807) is 0 Å². The third kappa shape index (κ3) is 33.0. The van der Waals surface area contributed by atoms with Crippen molar-refractivity contribution in [1.82, 2.24) is 0 Å². The topological polar surface area (TPSA) is 119 Å². The smallest absolute Gasteiger partial charge is 0.462 e. The lowest BCUT2D eigenvalue weighted by Gasteiger charge is -2.18. The number of phosphoric acid groups is 1. The minimum atomic E-state index is -4.74. The summed E-state index contributed by atoms with van der Waals surface area (Å²) in [6.45, 7) is 3.50. The lowest BCUT2D eigenvalue weighted by Crippen LogP contribution is -2.29. The van der Waals surface area contributed by atoms with E-state index in [1.165, 1.54) is 51.4 Å². The lowest BCUT2D eigenvalue weighted by molar-refractivity contribution is -0.161. The molecule has 9 heteroatoms. The van der Waals surface area contributed by atoms with E-state index in [4.69, 9.17) is 19.3 Å². The van der Waals surface area contributed by atoms with Gasteiger partial charge in [-0.25, -0.2) is 4.57 Å². The number of carbonyl (C=O) groups is 2. The molecule has 0 amide bonds. The summed E-state index contributed by atoms with van der Waals surface area (Å²) in [6.07, 6.45) is 33.1. The van der Waals surface area contributed by atoms with Crippen molar-refractivity contribution < 1.29 is 37.9 Å². The predicted octanol–water partition coefficient (Wildman–Crippen LogP) is 9.45. The standard InChI is InChI=1S/C34H61O8P/c1-3-5-7-9-11-13-14-15-16-17-18-19-20-21-23-25-27-29-34(36)42-32(31-41-43(37,38)39)30-40-33(35)28-26-24-22-12-10-8-6-4-2/h5,7,11,13,15-16,32H,3-4,6,8-10,12,14,17-31H2,1-2H3,(H2,37,38,39)/b7-5-,13-11-,16-15-. The van der Waals surface area contributed by atoms with Crippen LogP contribution < -0.4 is 0 Å². The average Bonchev–Trinajstić information content (AvgIpc) is 2.97. The molecule has 0 rings (SSSR count). The zero-order valence-corrected chi connectivity index (χ0v) is 28.0. The van der Waals surface area contributed by atoms with Gasteiger partial charge in [-0.15, -0.1) is 0 Å². The van der Waals surface area contributed by atoms with E-state index >= 15 is 0 Å². The van der Waals surface area contributed by atoms with Crippen LogP contribution in [0, 0.1) is 0 Å². The number of hydrogen-bond acceptors (Lipinski definition) is 6. The summed E-state index contributed by atoms with van der Waals surface area (Å²) in [6, 6.07) is 0. The van der Waals surface area contributed by atoms with Crippen LogP contribution in [0.3, 0.4) is 0 Å². The van der Waals surface area contributed by atoms with Crippen LogP contribution in [0.5, 0.6) is 0 Å². The Hall–Kier alpha value is -1.73. The van der Waals surface area contributed by atoms with Crippen LogP contribution in [0.15, 0.2) is 36.5 Å². The minimum absolute atomic E-state index is 0.201. The molecular formula is C34H61O8P. The summed E-state index contributed by atoms with van der Waals surface area (Å²) < 4.78 is 26.1. The zero-order chi connectivity index (χ0) is 31.9. The fraction of sp³-hybridized carbons (Fsp3) is 0.765. The molecule has 0 heterocycles.